The normalized spacial score (nSPS) is 18.4. The predicted octanol–water partition coefficient (Wildman–Crippen LogP) is 1.98. The zero-order valence-electron chi connectivity index (χ0n) is 15.7. The summed E-state index contributed by atoms with van der Waals surface area (Å²) < 4.78 is 15.6. The number of hydrogen-bond donors (Lipinski definition) is 2. The van der Waals surface area contributed by atoms with Gasteiger partial charge in [0.05, 0.1) is 38.2 Å². The first-order valence-corrected chi connectivity index (χ1v) is 8.81. The van der Waals surface area contributed by atoms with Gasteiger partial charge in [-0.2, -0.15) is 0 Å². The van der Waals surface area contributed by atoms with Crippen LogP contribution in [0.4, 0.5) is 0 Å². The lowest BCUT2D eigenvalue weighted by Crippen LogP contribution is -2.49. The second kappa shape index (κ2) is 7.98. The molecule has 0 bridgehead atoms. The van der Waals surface area contributed by atoms with Crippen LogP contribution in [0.25, 0.3) is 0 Å². The molecule has 146 valence electrons. The van der Waals surface area contributed by atoms with Crippen molar-refractivity contribution in [3.8, 4) is 0 Å². The van der Waals surface area contributed by atoms with Gasteiger partial charge in [0.1, 0.15) is 17.6 Å². The number of rotatable bonds is 5. The largest absolute Gasteiger partial charge is 0.467 e. The number of esters is 1. The van der Waals surface area contributed by atoms with Crippen molar-refractivity contribution < 1.29 is 28.6 Å². The molecule has 3 rings (SSSR count). The minimum absolute atomic E-state index is 0.231. The number of ether oxygens (including phenoxy) is 2. The Morgan fingerprint density at radius 3 is 2.89 bits per heavy atom. The number of nitrogens with one attached hydrogen (secondary N) is 1. The Labute approximate surface area is 157 Å². The lowest BCUT2D eigenvalue weighted by molar-refractivity contribution is -0.0198. The number of furan rings is 1. The number of aryl methyl sites for hydroxylation is 1. The fourth-order valence-corrected chi connectivity index (χ4v) is 3.49. The summed E-state index contributed by atoms with van der Waals surface area (Å²) >= 11 is 0. The summed E-state index contributed by atoms with van der Waals surface area (Å²) in [7, 11) is 1.31. The molecule has 0 aromatic carbocycles. The minimum atomic E-state index is -0.834. The van der Waals surface area contributed by atoms with Gasteiger partial charge >= 0.3 is 5.97 Å². The van der Waals surface area contributed by atoms with E-state index in [1.807, 2.05) is 0 Å². The Bertz CT molecular complexity index is 811. The number of aromatic amines is 1. The summed E-state index contributed by atoms with van der Waals surface area (Å²) in [6.07, 6.45) is 0.958. The second-order valence-electron chi connectivity index (χ2n) is 6.61. The number of methoxy groups -OCH3 is 1. The summed E-state index contributed by atoms with van der Waals surface area (Å²) in [5, 5.41) is 10.4. The number of amides is 1. The van der Waals surface area contributed by atoms with E-state index in [0.717, 1.165) is 0 Å². The van der Waals surface area contributed by atoms with Gasteiger partial charge in [-0.25, -0.2) is 4.79 Å². The van der Waals surface area contributed by atoms with Crippen molar-refractivity contribution in [3.05, 3.63) is 46.7 Å². The number of aliphatic hydroxyl groups excluding tert-OH is 1. The van der Waals surface area contributed by atoms with E-state index in [-0.39, 0.29) is 11.9 Å². The number of morpholine rings is 1. The maximum Gasteiger partial charge on any atom is 0.339 e. The van der Waals surface area contributed by atoms with Gasteiger partial charge in [0, 0.05) is 18.7 Å². The van der Waals surface area contributed by atoms with Crippen LogP contribution in [0.3, 0.4) is 0 Å². The Balaban J connectivity index is 1.82. The molecule has 2 unspecified atom stereocenters. The molecule has 2 atom stereocenters. The highest BCUT2D eigenvalue weighted by Gasteiger charge is 2.33. The molecule has 8 nitrogen and oxygen atoms in total. The molecule has 0 spiro atoms. The van der Waals surface area contributed by atoms with Crippen LogP contribution in [-0.2, 0) is 9.47 Å². The van der Waals surface area contributed by atoms with E-state index in [1.54, 1.807) is 30.9 Å². The third kappa shape index (κ3) is 3.77. The van der Waals surface area contributed by atoms with Crippen LogP contribution < -0.4 is 0 Å². The van der Waals surface area contributed by atoms with Crippen LogP contribution in [0.1, 0.15) is 50.4 Å². The number of nitrogens with zero attached hydrogens (tertiary/aromatic N) is 1. The van der Waals surface area contributed by atoms with E-state index in [4.69, 9.17) is 13.9 Å². The molecule has 0 aliphatic carbocycles. The number of carbonyl (C=O) groups excluding carboxylic acids is 2. The smallest absolute Gasteiger partial charge is 0.339 e. The zero-order valence-corrected chi connectivity index (χ0v) is 15.7. The summed E-state index contributed by atoms with van der Waals surface area (Å²) in [5.74, 6) is -0.259. The number of hydrogen-bond acceptors (Lipinski definition) is 6. The number of aromatic nitrogens is 1. The van der Waals surface area contributed by atoms with Gasteiger partial charge in [-0.05, 0) is 31.5 Å². The van der Waals surface area contributed by atoms with Gasteiger partial charge in [0.25, 0.3) is 5.91 Å². The van der Waals surface area contributed by atoms with Gasteiger partial charge in [-0.3, -0.25) is 4.79 Å². The van der Waals surface area contributed by atoms with E-state index in [0.29, 0.717) is 54.5 Å². The summed E-state index contributed by atoms with van der Waals surface area (Å²) in [6.45, 7) is 4.59. The van der Waals surface area contributed by atoms with Crippen molar-refractivity contribution in [3.63, 3.8) is 0 Å². The third-order valence-corrected chi connectivity index (χ3v) is 4.90. The van der Waals surface area contributed by atoms with Crippen LogP contribution in [0.5, 0.6) is 0 Å². The standard InChI is InChI=1S/C19H24N2O6/c1-11-16(19(24)25-3)12(2)20-17(11)18(23)21-6-8-26-10-13(21)9-14(22)15-5-4-7-27-15/h4-5,7,13-14,20,22H,6,8-10H2,1-3H3. The lowest BCUT2D eigenvalue weighted by Gasteiger charge is -2.36. The average molecular weight is 376 g/mol. The van der Waals surface area contributed by atoms with Gasteiger partial charge in [-0.1, -0.05) is 0 Å². The van der Waals surface area contributed by atoms with Crippen LogP contribution in [-0.4, -0.2) is 59.8 Å². The van der Waals surface area contributed by atoms with Crippen molar-refractivity contribution >= 4 is 11.9 Å². The number of aliphatic hydroxyl groups is 1. The summed E-state index contributed by atoms with van der Waals surface area (Å²) in [5.41, 5.74) is 1.87. The van der Waals surface area contributed by atoms with E-state index < -0.39 is 12.1 Å². The molecule has 0 radical (unpaired) electrons. The fraction of sp³-hybridized carbons (Fsp3) is 0.474. The molecular formula is C19H24N2O6. The van der Waals surface area contributed by atoms with Crippen molar-refractivity contribution in [2.75, 3.05) is 26.9 Å². The molecule has 2 aromatic heterocycles. The van der Waals surface area contributed by atoms with Crippen LogP contribution in [0.15, 0.2) is 22.8 Å². The average Bonchev–Trinajstić information content (AvgIpc) is 3.29. The highest BCUT2D eigenvalue weighted by Crippen LogP contribution is 2.26. The first kappa shape index (κ1) is 19.2. The van der Waals surface area contributed by atoms with E-state index in [2.05, 4.69) is 4.98 Å². The monoisotopic (exact) mass is 376 g/mol. The molecule has 2 N–H and O–H groups in total. The van der Waals surface area contributed by atoms with Gasteiger partial charge in [0.15, 0.2) is 0 Å². The first-order chi connectivity index (χ1) is 12.9. The Morgan fingerprint density at radius 2 is 2.22 bits per heavy atom. The Hall–Kier alpha value is -2.58. The van der Waals surface area contributed by atoms with Crippen molar-refractivity contribution in [1.29, 1.82) is 0 Å². The number of carbonyl (C=O) groups is 2. The third-order valence-electron chi connectivity index (χ3n) is 4.90. The van der Waals surface area contributed by atoms with Gasteiger partial charge in [-0.15, -0.1) is 0 Å². The summed E-state index contributed by atoms with van der Waals surface area (Å²) in [6, 6.07) is 3.09. The van der Waals surface area contributed by atoms with E-state index >= 15 is 0 Å². The van der Waals surface area contributed by atoms with Crippen molar-refractivity contribution in [2.45, 2.75) is 32.4 Å². The maximum atomic E-state index is 13.2. The van der Waals surface area contributed by atoms with Gasteiger partial charge in [0.2, 0.25) is 0 Å². The second-order valence-corrected chi connectivity index (χ2v) is 6.61. The Morgan fingerprint density at radius 1 is 1.44 bits per heavy atom. The van der Waals surface area contributed by atoms with Crippen LogP contribution >= 0.6 is 0 Å². The maximum absolute atomic E-state index is 13.2. The molecule has 1 fully saturated rings. The van der Waals surface area contributed by atoms with Crippen molar-refractivity contribution in [2.24, 2.45) is 0 Å². The molecule has 1 amide bonds. The molecule has 0 saturated carbocycles. The van der Waals surface area contributed by atoms with Gasteiger partial charge < -0.3 is 28.9 Å². The number of H-pyrrole nitrogens is 1. The predicted molar refractivity (Wildman–Crippen MR) is 95.5 cm³/mol. The molecule has 8 heteroatoms. The Kier molecular flexibility index (Phi) is 5.67. The lowest BCUT2D eigenvalue weighted by atomic mass is 10.0. The van der Waals surface area contributed by atoms with Crippen molar-refractivity contribution in [1.82, 2.24) is 9.88 Å². The molecule has 1 saturated heterocycles. The summed E-state index contributed by atoms with van der Waals surface area (Å²) in [4.78, 5) is 29.8. The highest BCUT2D eigenvalue weighted by molar-refractivity contribution is 6.00. The first-order valence-electron chi connectivity index (χ1n) is 8.81. The quantitative estimate of drug-likeness (QED) is 0.773. The molecule has 1 aliphatic rings. The molecule has 3 heterocycles. The fourth-order valence-electron chi connectivity index (χ4n) is 3.49. The van der Waals surface area contributed by atoms with E-state index in [1.165, 1.54) is 13.4 Å². The van der Waals surface area contributed by atoms with Crippen LogP contribution in [0.2, 0.25) is 0 Å². The SMILES string of the molecule is COC(=O)c1c(C)[nH]c(C(=O)N2CCOCC2CC(O)c2ccco2)c1C. The molecule has 1 aliphatic heterocycles. The molecular weight excluding hydrogens is 352 g/mol. The molecule has 27 heavy (non-hydrogen) atoms. The van der Waals surface area contributed by atoms with Crippen LogP contribution in [0, 0.1) is 13.8 Å². The van der Waals surface area contributed by atoms with E-state index in [9.17, 15) is 14.7 Å². The topological polar surface area (TPSA) is 105 Å². The highest BCUT2D eigenvalue weighted by atomic mass is 16.5. The zero-order chi connectivity index (χ0) is 19.6. The minimum Gasteiger partial charge on any atom is -0.467 e. The molecule has 2 aromatic rings.